The quantitative estimate of drug-likeness (QED) is 0.725. The lowest BCUT2D eigenvalue weighted by Gasteiger charge is -2.12. The Balaban J connectivity index is 2.14. The maximum Gasteiger partial charge on any atom is 0.253 e. The number of nitrogens with zero attached hydrogens (tertiary/aromatic N) is 1. The zero-order chi connectivity index (χ0) is 14.8. The fourth-order valence-electron chi connectivity index (χ4n) is 2.33. The Kier molecular flexibility index (Phi) is 3.54. The number of amides is 1. The van der Waals surface area contributed by atoms with E-state index < -0.39 is 0 Å². The Morgan fingerprint density at radius 1 is 1.19 bits per heavy atom. The third-order valence-electron chi connectivity index (χ3n) is 3.44. The molecular weight excluding hydrogens is 264 g/mol. The highest BCUT2D eigenvalue weighted by Gasteiger charge is 2.13. The first-order valence-electron chi connectivity index (χ1n) is 6.89. The van der Waals surface area contributed by atoms with Gasteiger partial charge in [-0.25, -0.2) is 4.98 Å². The molecule has 2 aromatic carbocycles. The van der Waals surface area contributed by atoms with Crippen LogP contribution in [0.1, 0.15) is 17.3 Å². The molecule has 0 saturated carbocycles. The summed E-state index contributed by atoms with van der Waals surface area (Å²) in [6.45, 7) is 1.67. The van der Waals surface area contributed by atoms with Crippen LogP contribution < -0.4 is 5.32 Å². The first-order valence-corrected chi connectivity index (χ1v) is 6.89. The Morgan fingerprint density at radius 2 is 1.95 bits per heavy atom. The van der Waals surface area contributed by atoms with Crippen LogP contribution in [-0.4, -0.2) is 28.6 Å². The minimum Gasteiger partial charge on any atom is -0.394 e. The molecule has 4 nitrogen and oxygen atoms in total. The Morgan fingerprint density at radius 3 is 2.76 bits per heavy atom. The van der Waals surface area contributed by atoms with E-state index in [0.29, 0.717) is 11.1 Å². The molecule has 0 spiro atoms. The second-order valence-electron chi connectivity index (χ2n) is 5.12. The number of hydrogen-bond acceptors (Lipinski definition) is 3. The van der Waals surface area contributed by atoms with Crippen LogP contribution in [0.5, 0.6) is 0 Å². The summed E-state index contributed by atoms with van der Waals surface area (Å²) in [4.78, 5) is 16.9. The number of aliphatic hydroxyl groups is 1. The minimum atomic E-state index is -0.284. The predicted molar refractivity (Wildman–Crippen MR) is 83.3 cm³/mol. The van der Waals surface area contributed by atoms with E-state index in [-0.39, 0.29) is 18.6 Å². The van der Waals surface area contributed by atoms with Crippen molar-refractivity contribution in [1.29, 1.82) is 0 Å². The summed E-state index contributed by atoms with van der Waals surface area (Å²) in [5, 5.41) is 13.8. The number of rotatable bonds is 3. The van der Waals surface area contributed by atoms with Crippen LogP contribution in [-0.2, 0) is 0 Å². The van der Waals surface area contributed by atoms with Crippen LogP contribution in [0.3, 0.4) is 0 Å². The van der Waals surface area contributed by atoms with Crippen molar-refractivity contribution in [3.63, 3.8) is 0 Å². The second-order valence-corrected chi connectivity index (χ2v) is 5.12. The lowest BCUT2D eigenvalue weighted by atomic mass is 10.1. The number of nitrogens with one attached hydrogen (secondary N) is 1. The molecule has 1 atom stereocenters. The molecule has 3 aromatic rings. The highest BCUT2D eigenvalue weighted by molar-refractivity contribution is 6.07. The topological polar surface area (TPSA) is 62.2 Å². The molecule has 4 heteroatoms. The molecule has 0 aliphatic heterocycles. The van der Waals surface area contributed by atoms with E-state index in [9.17, 15) is 4.79 Å². The zero-order valence-electron chi connectivity index (χ0n) is 11.7. The van der Waals surface area contributed by atoms with Crippen molar-refractivity contribution in [2.75, 3.05) is 6.61 Å². The van der Waals surface area contributed by atoms with Crippen molar-refractivity contribution in [2.24, 2.45) is 0 Å². The number of benzene rings is 2. The number of para-hydroxylation sites is 2. The van der Waals surface area contributed by atoms with Gasteiger partial charge in [0.1, 0.15) is 0 Å². The standard InChI is InChI=1S/C17H16N2O2/c1-11(10-20)18-17(21)14-7-4-6-13-9-12-5-2-3-8-15(12)19-16(13)14/h2-9,11,20H,10H2,1H3,(H,18,21). The third kappa shape index (κ3) is 2.58. The number of aliphatic hydroxyl groups excluding tert-OH is 1. The Hall–Kier alpha value is -2.46. The van der Waals surface area contributed by atoms with E-state index in [0.717, 1.165) is 16.3 Å². The van der Waals surface area contributed by atoms with E-state index in [1.807, 2.05) is 42.5 Å². The van der Waals surface area contributed by atoms with Gasteiger partial charge < -0.3 is 10.4 Å². The summed E-state index contributed by atoms with van der Waals surface area (Å²) in [5.41, 5.74) is 2.07. The van der Waals surface area contributed by atoms with E-state index in [4.69, 9.17) is 5.11 Å². The summed E-state index contributed by atoms with van der Waals surface area (Å²) in [5.74, 6) is -0.218. The molecule has 1 heterocycles. The Labute approximate surface area is 122 Å². The predicted octanol–water partition coefficient (Wildman–Crippen LogP) is 2.50. The highest BCUT2D eigenvalue weighted by atomic mass is 16.3. The number of aromatic nitrogens is 1. The van der Waals surface area contributed by atoms with Gasteiger partial charge in [0.2, 0.25) is 0 Å². The molecule has 3 rings (SSSR count). The lowest BCUT2D eigenvalue weighted by Crippen LogP contribution is -2.35. The molecule has 0 aliphatic carbocycles. The minimum absolute atomic E-state index is 0.0904. The molecule has 106 valence electrons. The van der Waals surface area contributed by atoms with E-state index in [2.05, 4.69) is 10.3 Å². The maximum atomic E-state index is 12.3. The van der Waals surface area contributed by atoms with E-state index in [1.54, 1.807) is 13.0 Å². The van der Waals surface area contributed by atoms with Crippen molar-refractivity contribution in [2.45, 2.75) is 13.0 Å². The molecule has 0 saturated heterocycles. The third-order valence-corrected chi connectivity index (χ3v) is 3.44. The fourth-order valence-corrected chi connectivity index (χ4v) is 2.33. The van der Waals surface area contributed by atoms with Crippen LogP contribution in [0.25, 0.3) is 21.8 Å². The molecule has 2 N–H and O–H groups in total. The van der Waals surface area contributed by atoms with E-state index in [1.165, 1.54) is 0 Å². The molecule has 0 aliphatic rings. The molecule has 1 amide bonds. The summed E-state index contributed by atoms with van der Waals surface area (Å²) in [6.07, 6.45) is 0. The molecule has 0 fully saturated rings. The molecule has 1 unspecified atom stereocenters. The average molecular weight is 280 g/mol. The average Bonchev–Trinajstić information content (AvgIpc) is 2.52. The van der Waals surface area contributed by atoms with Gasteiger partial charge in [-0.15, -0.1) is 0 Å². The number of pyridine rings is 1. The summed E-state index contributed by atoms with van der Waals surface area (Å²) in [6, 6.07) is 15.1. The zero-order valence-corrected chi connectivity index (χ0v) is 11.7. The van der Waals surface area contributed by atoms with Crippen molar-refractivity contribution in [3.05, 3.63) is 54.1 Å². The SMILES string of the molecule is CC(CO)NC(=O)c1cccc2cc3ccccc3nc12. The van der Waals surface area contributed by atoms with Crippen LogP contribution in [0, 0.1) is 0 Å². The lowest BCUT2D eigenvalue weighted by molar-refractivity contribution is 0.0924. The molecule has 0 bridgehead atoms. The number of hydrogen-bond donors (Lipinski definition) is 2. The smallest absolute Gasteiger partial charge is 0.253 e. The van der Waals surface area contributed by atoms with Crippen LogP contribution in [0.2, 0.25) is 0 Å². The monoisotopic (exact) mass is 280 g/mol. The van der Waals surface area contributed by atoms with Crippen LogP contribution in [0.4, 0.5) is 0 Å². The first kappa shape index (κ1) is 13.5. The summed E-state index contributed by atoms with van der Waals surface area (Å²) >= 11 is 0. The Bertz CT molecular complexity index is 814. The van der Waals surface area contributed by atoms with Gasteiger partial charge in [0.15, 0.2) is 0 Å². The van der Waals surface area contributed by atoms with Crippen LogP contribution in [0.15, 0.2) is 48.5 Å². The highest BCUT2D eigenvalue weighted by Crippen LogP contribution is 2.22. The number of carbonyl (C=O) groups is 1. The van der Waals surface area contributed by atoms with Gasteiger partial charge in [0.05, 0.1) is 23.2 Å². The molecule has 0 radical (unpaired) electrons. The summed E-state index contributed by atoms with van der Waals surface area (Å²) < 4.78 is 0. The van der Waals surface area contributed by atoms with Gasteiger partial charge in [-0.3, -0.25) is 4.79 Å². The van der Waals surface area contributed by atoms with Gasteiger partial charge in [0.25, 0.3) is 5.91 Å². The molecular formula is C17H16N2O2. The van der Waals surface area contributed by atoms with Crippen molar-refractivity contribution >= 4 is 27.7 Å². The van der Waals surface area contributed by atoms with Gasteiger partial charge in [-0.1, -0.05) is 30.3 Å². The second kappa shape index (κ2) is 5.50. The van der Waals surface area contributed by atoms with E-state index >= 15 is 0 Å². The van der Waals surface area contributed by atoms with Gasteiger partial charge in [-0.2, -0.15) is 0 Å². The van der Waals surface area contributed by atoms with Gasteiger partial charge in [0, 0.05) is 16.8 Å². The first-order chi connectivity index (χ1) is 10.2. The molecule has 21 heavy (non-hydrogen) atoms. The summed E-state index contributed by atoms with van der Waals surface area (Å²) in [7, 11) is 0. The van der Waals surface area contributed by atoms with Crippen LogP contribution >= 0.6 is 0 Å². The number of fused-ring (bicyclic) bond motifs is 2. The normalized spacial score (nSPS) is 12.5. The van der Waals surface area contributed by atoms with Gasteiger partial charge in [-0.05, 0) is 25.1 Å². The van der Waals surface area contributed by atoms with Crippen molar-refractivity contribution in [3.8, 4) is 0 Å². The van der Waals surface area contributed by atoms with Gasteiger partial charge >= 0.3 is 0 Å². The molecule has 1 aromatic heterocycles. The van der Waals surface area contributed by atoms with Crippen molar-refractivity contribution in [1.82, 2.24) is 10.3 Å². The fraction of sp³-hybridized carbons (Fsp3) is 0.176. The largest absolute Gasteiger partial charge is 0.394 e. The number of carbonyl (C=O) groups excluding carboxylic acids is 1. The maximum absolute atomic E-state index is 12.3. The van der Waals surface area contributed by atoms with Crippen molar-refractivity contribution < 1.29 is 9.90 Å².